The van der Waals surface area contributed by atoms with Gasteiger partial charge in [-0.3, -0.25) is 0 Å². The van der Waals surface area contributed by atoms with Crippen LogP contribution in [-0.4, -0.2) is 7.11 Å². The lowest BCUT2D eigenvalue weighted by molar-refractivity contribution is 0.413. The molecule has 0 bridgehead atoms. The molecule has 0 amide bonds. The van der Waals surface area contributed by atoms with Gasteiger partial charge in [0.1, 0.15) is 5.75 Å². The van der Waals surface area contributed by atoms with Crippen LogP contribution >= 0.6 is 27.5 Å². The molecule has 1 rings (SSSR count). The molecule has 0 aromatic heterocycles. The number of methoxy groups -OCH3 is 1. The molecule has 0 atom stereocenters. The van der Waals surface area contributed by atoms with Gasteiger partial charge in [0, 0.05) is 15.6 Å². The first-order valence-electron chi connectivity index (χ1n) is 4.20. The molecule has 4 heteroatoms. The van der Waals surface area contributed by atoms with Crippen molar-refractivity contribution in [2.24, 2.45) is 0 Å². The highest BCUT2D eigenvalue weighted by molar-refractivity contribution is 9.10. The van der Waals surface area contributed by atoms with E-state index in [1.54, 1.807) is 14.0 Å². The van der Waals surface area contributed by atoms with E-state index in [0.29, 0.717) is 16.4 Å². The average Bonchev–Trinajstić information content (AvgIpc) is 2.26. The first-order chi connectivity index (χ1) is 7.10. The maximum atomic E-state index is 8.74. The van der Waals surface area contributed by atoms with Crippen LogP contribution in [0.25, 0.3) is 5.03 Å². The minimum absolute atomic E-state index is 0.418. The Kier molecular flexibility index (Phi) is 4.19. The summed E-state index contributed by atoms with van der Waals surface area (Å²) in [4.78, 5) is 0. The van der Waals surface area contributed by atoms with Crippen LogP contribution in [0.1, 0.15) is 12.5 Å². The number of benzene rings is 1. The molecule has 1 aromatic carbocycles. The second kappa shape index (κ2) is 5.20. The van der Waals surface area contributed by atoms with Gasteiger partial charge in [-0.1, -0.05) is 27.5 Å². The average molecular weight is 287 g/mol. The summed E-state index contributed by atoms with van der Waals surface area (Å²) in [6.45, 7) is 1.67. The zero-order chi connectivity index (χ0) is 11.4. The highest BCUT2D eigenvalue weighted by Gasteiger charge is 2.09. The summed E-state index contributed by atoms with van der Waals surface area (Å²) in [5.74, 6) is 0.643. The maximum Gasteiger partial charge on any atom is 0.128 e. The lowest BCUT2D eigenvalue weighted by Crippen LogP contribution is -1.90. The van der Waals surface area contributed by atoms with Crippen molar-refractivity contribution in [3.63, 3.8) is 0 Å². The first kappa shape index (κ1) is 12.1. The Bertz CT molecular complexity index is 448. The zero-order valence-electron chi connectivity index (χ0n) is 8.34. The first-order valence-corrected chi connectivity index (χ1v) is 5.37. The number of hydrogen-bond donors (Lipinski definition) is 0. The highest BCUT2D eigenvalue weighted by atomic mass is 79.9. The molecule has 0 aliphatic heterocycles. The van der Waals surface area contributed by atoms with Gasteiger partial charge in [-0.2, -0.15) is 5.26 Å². The second-order valence-corrected chi connectivity index (χ2v) is 4.19. The Morgan fingerprint density at radius 1 is 1.53 bits per heavy atom. The van der Waals surface area contributed by atoms with E-state index in [1.807, 2.05) is 24.3 Å². The van der Waals surface area contributed by atoms with Crippen molar-refractivity contribution in [1.82, 2.24) is 0 Å². The summed E-state index contributed by atoms with van der Waals surface area (Å²) >= 11 is 9.39. The summed E-state index contributed by atoms with van der Waals surface area (Å²) in [5.41, 5.74) is 1.19. The van der Waals surface area contributed by atoms with E-state index in [1.165, 1.54) is 0 Å². The molecule has 0 N–H and O–H groups in total. The molecular formula is C11H9BrClNO. The van der Waals surface area contributed by atoms with Crippen molar-refractivity contribution in [2.45, 2.75) is 6.92 Å². The number of nitriles is 1. The van der Waals surface area contributed by atoms with E-state index in [2.05, 4.69) is 15.9 Å². The third-order valence-electron chi connectivity index (χ3n) is 1.90. The fourth-order valence-electron chi connectivity index (χ4n) is 1.10. The smallest absolute Gasteiger partial charge is 0.128 e. The third-order valence-corrected chi connectivity index (χ3v) is 2.88. The highest BCUT2D eigenvalue weighted by Crippen LogP contribution is 2.33. The molecule has 0 aliphatic rings. The summed E-state index contributed by atoms with van der Waals surface area (Å²) < 4.78 is 6.09. The van der Waals surface area contributed by atoms with Gasteiger partial charge in [0.25, 0.3) is 0 Å². The molecule has 0 unspecified atom stereocenters. The molecular weight excluding hydrogens is 277 g/mol. The van der Waals surface area contributed by atoms with Crippen LogP contribution in [0.3, 0.4) is 0 Å². The van der Waals surface area contributed by atoms with Crippen molar-refractivity contribution in [2.75, 3.05) is 7.11 Å². The molecule has 78 valence electrons. The minimum atomic E-state index is 0.418. The Balaban J connectivity index is 3.33. The van der Waals surface area contributed by atoms with Crippen molar-refractivity contribution in [3.8, 4) is 11.8 Å². The van der Waals surface area contributed by atoms with E-state index in [-0.39, 0.29) is 0 Å². The number of ether oxygens (including phenoxy) is 1. The van der Waals surface area contributed by atoms with Crippen molar-refractivity contribution in [3.05, 3.63) is 33.8 Å². The predicted octanol–water partition coefficient (Wildman–Crippen LogP) is 3.95. The Hall–Kier alpha value is -0.980. The monoisotopic (exact) mass is 285 g/mol. The van der Waals surface area contributed by atoms with Gasteiger partial charge >= 0.3 is 0 Å². The molecule has 0 aliphatic carbocycles. The summed E-state index contributed by atoms with van der Waals surface area (Å²) in [5, 5.41) is 9.16. The van der Waals surface area contributed by atoms with E-state index < -0.39 is 0 Å². The van der Waals surface area contributed by atoms with Crippen molar-refractivity contribution in [1.29, 1.82) is 5.26 Å². The van der Waals surface area contributed by atoms with Gasteiger partial charge in [-0.05, 0) is 25.1 Å². The van der Waals surface area contributed by atoms with E-state index in [9.17, 15) is 0 Å². The Morgan fingerprint density at radius 2 is 2.20 bits per heavy atom. The number of allylic oxidation sites excluding steroid dienone is 1. The molecule has 0 heterocycles. The lowest BCUT2D eigenvalue weighted by atomic mass is 10.1. The normalized spacial score (nSPS) is 11.7. The molecule has 1 aromatic rings. The van der Waals surface area contributed by atoms with Gasteiger partial charge in [-0.25, -0.2) is 0 Å². The Morgan fingerprint density at radius 3 is 2.73 bits per heavy atom. The molecule has 2 nitrogen and oxygen atoms in total. The molecule has 0 saturated heterocycles. The molecule has 0 saturated carbocycles. The molecule has 0 radical (unpaired) electrons. The fraction of sp³-hybridized carbons (Fsp3) is 0.182. The number of hydrogen-bond acceptors (Lipinski definition) is 2. The van der Waals surface area contributed by atoms with Crippen LogP contribution in [-0.2, 0) is 0 Å². The van der Waals surface area contributed by atoms with E-state index >= 15 is 0 Å². The SMILES string of the molecule is COc1cc(Br)ccc1/C(Cl)=C(/C)C#N. The van der Waals surface area contributed by atoms with Gasteiger partial charge < -0.3 is 4.74 Å². The standard InChI is InChI=1S/C11H9BrClNO/c1-7(6-14)11(13)9-4-3-8(12)5-10(9)15-2/h3-5H,1-2H3/b11-7+. The van der Waals surface area contributed by atoms with Crippen LogP contribution in [0, 0.1) is 11.3 Å². The van der Waals surface area contributed by atoms with Gasteiger partial charge in [-0.15, -0.1) is 0 Å². The summed E-state index contributed by atoms with van der Waals surface area (Å²) in [6.07, 6.45) is 0. The van der Waals surface area contributed by atoms with Crippen LogP contribution < -0.4 is 4.74 Å². The van der Waals surface area contributed by atoms with Crippen LogP contribution in [0.5, 0.6) is 5.75 Å². The van der Waals surface area contributed by atoms with Gasteiger partial charge in [0.2, 0.25) is 0 Å². The number of rotatable bonds is 2. The minimum Gasteiger partial charge on any atom is -0.496 e. The number of halogens is 2. The Labute approximate surface area is 102 Å². The third kappa shape index (κ3) is 2.74. The van der Waals surface area contributed by atoms with Crippen molar-refractivity contribution >= 4 is 32.6 Å². The summed E-state index contributed by atoms with van der Waals surface area (Å²) in [7, 11) is 1.57. The molecule has 15 heavy (non-hydrogen) atoms. The zero-order valence-corrected chi connectivity index (χ0v) is 10.7. The van der Waals surface area contributed by atoms with Crippen LogP contribution in [0.15, 0.2) is 28.2 Å². The molecule has 0 spiro atoms. The second-order valence-electron chi connectivity index (χ2n) is 2.90. The molecule has 0 fully saturated rings. The van der Waals surface area contributed by atoms with Crippen LogP contribution in [0.4, 0.5) is 0 Å². The quantitative estimate of drug-likeness (QED) is 0.771. The fourth-order valence-corrected chi connectivity index (χ4v) is 1.64. The topological polar surface area (TPSA) is 33.0 Å². The van der Waals surface area contributed by atoms with E-state index in [4.69, 9.17) is 21.6 Å². The lowest BCUT2D eigenvalue weighted by Gasteiger charge is -2.08. The van der Waals surface area contributed by atoms with Crippen LogP contribution in [0.2, 0.25) is 0 Å². The summed E-state index contributed by atoms with van der Waals surface area (Å²) in [6, 6.07) is 7.48. The maximum absolute atomic E-state index is 8.74. The largest absolute Gasteiger partial charge is 0.496 e. The van der Waals surface area contributed by atoms with Crippen molar-refractivity contribution < 1.29 is 4.74 Å². The predicted molar refractivity (Wildman–Crippen MR) is 64.8 cm³/mol. The van der Waals surface area contributed by atoms with Gasteiger partial charge in [0.05, 0.1) is 18.2 Å². The van der Waals surface area contributed by atoms with Gasteiger partial charge in [0.15, 0.2) is 0 Å². The van der Waals surface area contributed by atoms with E-state index in [0.717, 1.165) is 10.0 Å². The number of nitrogens with zero attached hydrogens (tertiary/aromatic N) is 1.